The van der Waals surface area contributed by atoms with E-state index in [0.29, 0.717) is 63.6 Å². The molecule has 4 aliphatic heterocycles. The molecule has 0 spiro atoms. The number of piperidine rings is 3. The molecular weight excluding hydrogens is 425 g/mol. The van der Waals surface area contributed by atoms with Crippen LogP contribution in [0.25, 0.3) is 0 Å². The van der Waals surface area contributed by atoms with Gasteiger partial charge in [0.1, 0.15) is 5.82 Å². The fourth-order valence-electron chi connectivity index (χ4n) is 5.96. The highest BCUT2D eigenvalue weighted by atomic mass is 19.1. The molecule has 178 valence electrons. The topological polar surface area (TPSA) is 76.2 Å². The number of fused-ring (bicyclic) bond motifs is 4. The number of benzene rings is 1. The molecule has 3 atom stereocenters. The van der Waals surface area contributed by atoms with E-state index in [1.807, 2.05) is 9.80 Å². The lowest BCUT2D eigenvalue weighted by Crippen LogP contribution is -2.63. The molecule has 1 aromatic carbocycles. The Kier molecular flexibility index (Phi) is 6.12. The summed E-state index contributed by atoms with van der Waals surface area (Å²) in [5.41, 5.74) is 0.840. The number of hydrogen-bond acceptors (Lipinski definition) is 3. The van der Waals surface area contributed by atoms with Gasteiger partial charge in [0.05, 0.1) is 0 Å². The molecule has 1 N–H and O–H groups in total. The number of nitrogens with one attached hydrogen (secondary N) is 1. The van der Waals surface area contributed by atoms with Crippen molar-refractivity contribution in [2.75, 3.05) is 45.8 Å². The zero-order valence-electron chi connectivity index (χ0n) is 18.9. The first-order chi connectivity index (χ1) is 16.0. The Balaban J connectivity index is 1.11. The Morgan fingerprint density at radius 1 is 0.970 bits per heavy atom. The number of carbonyl (C=O) groups is 3. The van der Waals surface area contributed by atoms with Gasteiger partial charge in [-0.15, -0.1) is 0 Å². The number of piperazine rings is 1. The van der Waals surface area contributed by atoms with E-state index in [0.717, 1.165) is 37.9 Å². The molecule has 0 radical (unpaired) electrons. The zero-order valence-corrected chi connectivity index (χ0v) is 18.9. The molecule has 2 bridgehead atoms. The average Bonchev–Trinajstić information content (AvgIpc) is 2.84. The first-order valence-electron chi connectivity index (χ1n) is 12.1. The zero-order chi connectivity index (χ0) is 22.9. The lowest BCUT2D eigenvalue weighted by Gasteiger charge is -2.53. The molecule has 1 aromatic rings. The molecule has 0 aromatic heterocycles. The number of hydrogen-bond donors (Lipinski definition) is 1. The minimum Gasteiger partial charge on any atom is -0.339 e. The fraction of sp³-hybridized carbons (Fsp3) is 0.625. The first kappa shape index (κ1) is 22.0. The van der Waals surface area contributed by atoms with Crippen LogP contribution < -0.4 is 5.32 Å². The van der Waals surface area contributed by atoms with Gasteiger partial charge in [-0.2, -0.15) is 0 Å². The van der Waals surface area contributed by atoms with Crippen molar-refractivity contribution < 1.29 is 18.8 Å². The maximum atomic E-state index is 13.2. The van der Waals surface area contributed by atoms with E-state index in [4.69, 9.17) is 0 Å². The van der Waals surface area contributed by atoms with E-state index in [1.165, 1.54) is 12.1 Å². The predicted molar refractivity (Wildman–Crippen MR) is 120 cm³/mol. The third kappa shape index (κ3) is 4.63. The lowest BCUT2D eigenvalue weighted by molar-refractivity contribution is -0.144. The number of carbonyl (C=O) groups excluding carboxylic acids is 3. The van der Waals surface area contributed by atoms with Crippen molar-refractivity contribution in [2.24, 2.45) is 11.8 Å². The van der Waals surface area contributed by atoms with Gasteiger partial charge in [-0.25, -0.2) is 14.0 Å². The fourth-order valence-corrected chi connectivity index (χ4v) is 5.96. The summed E-state index contributed by atoms with van der Waals surface area (Å²) in [6.07, 6.45) is 3.79. The first-order valence-corrected chi connectivity index (χ1v) is 12.1. The van der Waals surface area contributed by atoms with Gasteiger partial charge in [-0.1, -0.05) is 12.1 Å². The molecule has 4 heterocycles. The van der Waals surface area contributed by atoms with Crippen LogP contribution >= 0.6 is 0 Å². The maximum Gasteiger partial charge on any atom is 0.320 e. The van der Waals surface area contributed by atoms with Crippen molar-refractivity contribution in [3.05, 3.63) is 35.6 Å². The van der Waals surface area contributed by atoms with Gasteiger partial charge in [-0.3, -0.25) is 4.79 Å². The van der Waals surface area contributed by atoms with Crippen LogP contribution in [0.5, 0.6) is 0 Å². The smallest absolute Gasteiger partial charge is 0.320 e. The molecule has 9 heteroatoms. The Morgan fingerprint density at radius 2 is 1.70 bits per heavy atom. The second-order valence-electron chi connectivity index (χ2n) is 9.81. The van der Waals surface area contributed by atoms with Gasteiger partial charge in [0.2, 0.25) is 5.91 Å². The third-order valence-corrected chi connectivity index (χ3v) is 7.64. The Morgan fingerprint density at radius 3 is 2.45 bits per heavy atom. The summed E-state index contributed by atoms with van der Waals surface area (Å²) in [7, 11) is 0. The number of amides is 5. The van der Waals surface area contributed by atoms with Gasteiger partial charge in [0.25, 0.3) is 0 Å². The predicted octanol–water partition coefficient (Wildman–Crippen LogP) is 2.11. The van der Waals surface area contributed by atoms with Crippen LogP contribution in [-0.2, 0) is 11.3 Å². The molecule has 33 heavy (non-hydrogen) atoms. The number of rotatable bonds is 2. The van der Waals surface area contributed by atoms with E-state index < -0.39 is 0 Å². The highest BCUT2D eigenvalue weighted by Crippen LogP contribution is 2.38. The minimum atomic E-state index is -0.298. The van der Waals surface area contributed by atoms with Crippen molar-refractivity contribution in [3.63, 3.8) is 0 Å². The van der Waals surface area contributed by atoms with Crippen LogP contribution in [0.4, 0.5) is 14.0 Å². The molecule has 0 aliphatic carbocycles. The SMILES string of the molecule is O=C(NCc1ccc(F)cc1)N1CCN(C(=O)N2CC3CC(C2)[C@H]2CCCC(=O)N2C3)CC1. The Hall–Kier alpha value is -2.84. The van der Waals surface area contributed by atoms with Crippen LogP contribution in [-0.4, -0.2) is 89.4 Å². The van der Waals surface area contributed by atoms with Crippen molar-refractivity contribution in [2.45, 2.75) is 38.3 Å². The highest BCUT2D eigenvalue weighted by Gasteiger charge is 2.45. The van der Waals surface area contributed by atoms with Gasteiger partial charge < -0.3 is 24.9 Å². The van der Waals surface area contributed by atoms with Gasteiger partial charge >= 0.3 is 12.1 Å². The molecular formula is C24H32FN5O3. The summed E-state index contributed by atoms with van der Waals surface area (Å²) in [6, 6.07) is 6.26. The monoisotopic (exact) mass is 457 g/mol. The molecule has 5 amide bonds. The van der Waals surface area contributed by atoms with Gasteiger partial charge in [0, 0.05) is 64.8 Å². The maximum absolute atomic E-state index is 13.2. The quantitative estimate of drug-likeness (QED) is 0.739. The van der Waals surface area contributed by atoms with Crippen LogP contribution in [0.1, 0.15) is 31.2 Å². The van der Waals surface area contributed by atoms with Crippen LogP contribution in [0.2, 0.25) is 0 Å². The van der Waals surface area contributed by atoms with Crippen molar-refractivity contribution >= 4 is 18.0 Å². The van der Waals surface area contributed by atoms with E-state index in [9.17, 15) is 18.8 Å². The second kappa shape index (κ2) is 9.19. The van der Waals surface area contributed by atoms with Crippen LogP contribution in [0.15, 0.2) is 24.3 Å². The molecule has 4 aliphatic rings. The molecule has 2 unspecified atom stereocenters. The summed E-state index contributed by atoms with van der Waals surface area (Å²) >= 11 is 0. The standard InChI is InChI=1S/C24H32FN5O3/c25-20-6-4-17(5-7-20)13-26-23(32)27-8-10-28(11-9-27)24(33)29-14-18-12-19(16-29)21-2-1-3-22(31)30(21)15-18/h4-7,18-19,21H,1-3,8-16H2,(H,26,32)/t18?,19?,21-/m1/s1. The molecule has 0 saturated carbocycles. The molecule has 4 saturated heterocycles. The lowest BCUT2D eigenvalue weighted by atomic mass is 9.76. The third-order valence-electron chi connectivity index (χ3n) is 7.64. The summed E-state index contributed by atoms with van der Waals surface area (Å²) in [6.45, 7) is 4.58. The Labute approximate surface area is 193 Å². The number of likely N-dealkylation sites (tertiary alicyclic amines) is 1. The van der Waals surface area contributed by atoms with E-state index in [-0.39, 0.29) is 23.8 Å². The minimum absolute atomic E-state index is 0.0617. The molecule has 8 nitrogen and oxygen atoms in total. The molecule has 5 rings (SSSR count). The average molecular weight is 458 g/mol. The normalized spacial score (nSPS) is 27.3. The largest absolute Gasteiger partial charge is 0.339 e. The van der Waals surface area contributed by atoms with Crippen LogP contribution in [0, 0.1) is 17.7 Å². The number of nitrogens with zero attached hydrogens (tertiary/aromatic N) is 4. The summed E-state index contributed by atoms with van der Waals surface area (Å²) in [4.78, 5) is 45.7. The van der Waals surface area contributed by atoms with E-state index >= 15 is 0 Å². The highest BCUT2D eigenvalue weighted by molar-refractivity contribution is 5.78. The summed E-state index contributed by atoms with van der Waals surface area (Å²) in [5, 5.41) is 2.87. The summed E-state index contributed by atoms with van der Waals surface area (Å²) in [5.74, 6) is 0.732. The number of urea groups is 2. The van der Waals surface area contributed by atoms with Crippen LogP contribution in [0.3, 0.4) is 0 Å². The van der Waals surface area contributed by atoms with Gasteiger partial charge in [-0.05, 0) is 48.8 Å². The van der Waals surface area contributed by atoms with E-state index in [2.05, 4.69) is 10.2 Å². The van der Waals surface area contributed by atoms with Crippen molar-refractivity contribution in [1.29, 1.82) is 0 Å². The summed E-state index contributed by atoms with van der Waals surface area (Å²) < 4.78 is 13.0. The second-order valence-corrected chi connectivity index (χ2v) is 9.81. The van der Waals surface area contributed by atoms with Crippen molar-refractivity contribution in [3.8, 4) is 0 Å². The van der Waals surface area contributed by atoms with Gasteiger partial charge in [0.15, 0.2) is 0 Å². The van der Waals surface area contributed by atoms with E-state index in [1.54, 1.807) is 17.0 Å². The molecule has 4 fully saturated rings. The van der Waals surface area contributed by atoms with Crippen molar-refractivity contribution in [1.82, 2.24) is 24.9 Å². The Bertz CT molecular complexity index is 902. The number of halogens is 1.